The number of aliphatic hydroxyl groups excluding tert-OH is 1. The third-order valence-electron chi connectivity index (χ3n) is 2.25. The van der Waals surface area contributed by atoms with E-state index in [-0.39, 0.29) is 23.9 Å². The highest BCUT2D eigenvalue weighted by molar-refractivity contribution is 5.85. The first-order chi connectivity index (χ1) is 6.18. The fourth-order valence-corrected chi connectivity index (χ4v) is 1.55. The van der Waals surface area contributed by atoms with E-state index in [1.165, 1.54) is 12.1 Å². The minimum Gasteiger partial charge on any atom is -0.504 e. The van der Waals surface area contributed by atoms with Crippen LogP contribution in [0.4, 0.5) is 0 Å². The highest BCUT2D eigenvalue weighted by Gasteiger charge is 2.19. The molecule has 0 saturated heterocycles. The maximum absolute atomic E-state index is 9.52. The Hall–Kier alpha value is -0.970. The Morgan fingerprint density at radius 2 is 1.86 bits per heavy atom. The summed E-state index contributed by atoms with van der Waals surface area (Å²) in [6.07, 6.45) is -0.602. The molecule has 1 aliphatic rings. The molecule has 1 heterocycles. The van der Waals surface area contributed by atoms with Gasteiger partial charge >= 0.3 is 0 Å². The molecule has 5 heteroatoms. The number of aliphatic hydroxyl groups is 1. The summed E-state index contributed by atoms with van der Waals surface area (Å²) < 4.78 is 0. The lowest BCUT2D eigenvalue weighted by Gasteiger charge is -2.22. The zero-order valence-corrected chi connectivity index (χ0v) is 8.21. The second-order valence-electron chi connectivity index (χ2n) is 3.19. The first-order valence-electron chi connectivity index (χ1n) is 4.12. The van der Waals surface area contributed by atoms with Crippen molar-refractivity contribution < 1.29 is 15.3 Å². The fourth-order valence-electron chi connectivity index (χ4n) is 1.55. The van der Waals surface area contributed by atoms with Crippen LogP contribution in [0, 0.1) is 0 Å². The third-order valence-corrected chi connectivity index (χ3v) is 2.25. The van der Waals surface area contributed by atoms with Crippen molar-refractivity contribution in [3.63, 3.8) is 0 Å². The van der Waals surface area contributed by atoms with Gasteiger partial charge in [-0.3, -0.25) is 0 Å². The topological polar surface area (TPSA) is 72.7 Å². The average molecular weight is 218 g/mol. The van der Waals surface area contributed by atoms with Gasteiger partial charge < -0.3 is 20.6 Å². The molecule has 14 heavy (non-hydrogen) atoms. The van der Waals surface area contributed by atoms with Gasteiger partial charge in [0, 0.05) is 13.1 Å². The maximum Gasteiger partial charge on any atom is 0.157 e. The molecule has 1 aromatic carbocycles. The van der Waals surface area contributed by atoms with Crippen LogP contribution in [0.2, 0.25) is 0 Å². The Morgan fingerprint density at radius 3 is 2.57 bits per heavy atom. The summed E-state index contributed by atoms with van der Waals surface area (Å²) >= 11 is 0. The third kappa shape index (κ3) is 1.77. The molecule has 0 radical (unpaired) electrons. The largest absolute Gasteiger partial charge is 0.504 e. The van der Waals surface area contributed by atoms with E-state index < -0.39 is 6.10 Å². The predicted octanol–water partition coefficient (Wildman–Crippen LogP) is 0.656. The Bertz CT molecular complexity index is 343. The first kappa shape index (κ1) is 11.1. The Labute approximate surface area is 87.6 Å². The van der Waals surface area contributed by atoms with E-state index in [2.05, 4.69) is 5.32 Å². The molecule has 2 rings (SSSR count). The molecule has 0 aliphatic carbocycles. The monoisotopic (exact) mass is 217 g/mol. The van der Waals surface area contributed by atoms with Crippen molar-refractivity contribution in [3.8, 4) is 11.5 Å². The van der Waals surface area contributed by atoms with Crippen LogP contribution in [0.5, 0.6) is 11.5 Å². The van der Waals surface area contributed by atoms with Crippen LogP contribution in [0.15, 0.2) is 12.1 Å². The summed E-state index contributed by atoms with van der Waals surface area (Å²) in [6.45, 7) is 1.09. The molecule has 0 fully saturated rings. The zero-order valence-electron chi connectivity index (χ0n) is 7.40. The normalized spacial score (nSPS) is 19.6. The number of fused-ring (bicyclic) bond motifs is 1. The summed E-state index contributed by atoms with van der Waals surface area (Å²) in [6, 6.07) is 2.89. The number of hydrogen-bond acceptors (Lipinski definition) is 4. The number of nitrogens with one attached hydrogen (secondary N) is 1. The highest BCUT2D eigenvalue weighted by atomic mass is 35.5. The summed E-state index contributed by atoms with van der Waals surface area (Å²) in [5.74, 6) is -0.325. The lowest BCUT2D eigenvalue weighted by molar-refractivity contribution is 0.164. The van der Waals surface area contributed by atoms with Crippen LogP contribution in [-0.4, -0.2) is 21.9 Å². The van der Waals surface area contributed by atoms with Crippen molar-refractivity contribution in [1.82, 2.24) is 5.32 Å². The lowest BCUT2D eigenvalue weighted by Crippen LogP contribution is -2.27. The van der Waals surface area contributed by atoms with E-state index in [9.17, 15) is 15.3 Å². The van der Waals surface area contributed by atoms with Crippen LogP contribution in [0.3, 0.4) is 0 Å². The van der Waals surface area contributed by atoms with E-state index in [1.54, 1.807) is 0 Å². The quantitative estimate of drug-likeness (QED) is 0.482. The van der Waals surface area contributed by atoms with Crippen molar-refractivity contribution in [3.05, 3.63) is 23.3 Å². The van der Waals surface area contributed by atoms with Crippen LogP contribution in [0.1, 0.15) is 17.2 Å². The molecular formula is C9H12ClNO3. The van der Waals surface area contributed by atoms with Crippen molar-refractivity contribution >= 4 is 12.4 Å². The fraction of sp³-hybridized carbons (Fsp3) is 0.333. The summed E-state index contributed by atoms with van der Waals surface area (Å²) in [4.78, 5) is 0. The molecule has 1 aromatic rings. The molecule has 4 nitrogen and oxygen atoms in total. The molecule has 0 aromatic heterocycles. The second kappa shape index (κ2) is 4.04. The Balaban J connectivity index is 0.000000980. The molecule has 1 aliphatic heterocycles. The number of rotatable bonds is 0. The molecular weight excluding hydrogens is 206 g/mol. The number of β-amino-alcohol motifs (C(OH)–C–C–N with tert-alkyl or cyclic N) is 1. The molecule has 0 spiro atoms. The van der Waals surface area contributed by atoms with Crippen LogP contribution >= 0.6 is 12.4 Å². The summed E-state index contributed by atoms with van der Waals surface area (Å²) in [5.41, 5.74) is 1.52. The highest BCUT2D eigenvalue weighted by Crippen LogP contribution is 2.32. The lowest BCUT2D eigenvalue weighted by atomic mass is 9.98. The zero-order chi connectivity index (χ0) is 9.42. The van der Waals surface area contributed by atoms with Gasteiger partial charge in [0.15, 0.2) is 11.5 Å². The summed E-state index contributed by atoms with van der Waals surface area (Å²) in [5, 5.41) is 30.9. The van der Waals surface area contributed by atoms with Gasteiger partial charge in [-0.25, -0.2) is 0 Å². The molecule has 4 N–H and O–H groups in total. The van der Waals surface area contributed by atoms with Gasteiger partial charge in [0.2, 0.25) is 0 Å². The van der Waals surface area contributed by atoms with Crippen molar-refractivity contribution in [2.75, 3.05) is 6.54 Å². The Kier molecular flexibility index (Phi) is 3.21. The van der Waals surface area contributed by atoms with Gasteiger partial charge in [-0.1, -0.05) is 0 Å². The second-order valence-corrected chi connectivity index (χ2v) is 3.19. The van der Waals surface area contributed by atoms with Crippen LogP contribution < -0.4 is 5.32 Å². The number of phenolic OH excluding ortho intramolecular Hbond substituents is 2. The number of hydrogen-bond donors (Lipinski definition) is 4. The first-order valence-corrected chi connectivity index (χ1v) is 4.12. The SMILES string of the molecule is Cl.Oc1cc2c(cc1O)[C@@H](O)CNC2. The molecule has 0 amide bonds. The standard InChI is InChI=1S/C9H11NO3.ClH/c11-7-1-5-3-10-4-9(13)6(5)2-8(7)12;/h1-2,9-13H,3-4H2;1H/t9-;/m0./s1. The smallest absolute Gasteiger partial charge is 0.157 e. The number of aromatic hydroxyl groups is 2. The molecule has 78 valence electrons. The molecule has 0 saturated carbocycles. The van der Waals surface area contributed by atoms with Gasteiger partial charge in [-0.15, -0.1) is 12.4 Å². The van der Waals surface area contributed by atoms with Crippen molar-refractivity contribution in [1.29, 1.82) is 0 Å². The van der Waals surface area contributed by atoms with Crippen molar-refractivity contribution in [2.24, 2.45) is 0 Å². The van der Waals surface area contributed by atoms with Gasteiger partial charge in [-0.05, 0) is 23.3 Å². The van der Waals surface area contributed by atoms with Gasteiger partial charge in [-0.2, -0.15) is 0 Å². The van der Waals surface area contributed by atoms with Gasteiger partial charge in [0.1, 0.15) is 0 Å². The van der Waals surface area contributed by atoms with E-state index in [1.807, 2.05) is 0 Å². The van der Waals surface area contributed by atoms with Crippen molar-refractivity contribution in [2.45, 2.75) is 12.6 Å². The average Bonchev–Trinajstić information content (AvgIpc) is 2.09. The van der Waals surface area contributed by atoms with E-state index >= 15 is 0 Å². The Morgan fingerprint density at radius 1 is 1.21 bits per heavy atom. The maximum atomic E-state index is 9.52. The van der Waals surface area contributed by atoms with Crippen LogP contribution in [0.25, 0.3) is 0 Å². The van der Waals surface area contributed by atoms with Gasteiger partial charge in [0.25, 0.3) is 0 Å². The minimum absolute atomic E-state index is 0. The van der Waals surface area contributed by atoms with E-state index in [0.717, 1.165) is 5.56 Å². The van der Waals surface area contributed by atoms with E-state index in [0.29, 0.717) is 18.7 Å². The molecule has 0 bridgehead atoms. The number of phenols is 2. The van der Waals surface area contributed by atoms with Crippen LogP contribution in [-0.2, 0) is 6.54 Å². The molecule has 1 atom stereocenters. The predicted molar refractivity (Wildman–Crippen MR) is 53.7 cm³/mol. The summed E-state index contributed by atoms with van der Waals surface area (Å²) in [7, 11) is 0. The van der Waals surface area contributed by atoms with E-state index in [4.69, 9.17) is 0 Å². The van der Waals surface area contributed by atoms with Gasteiger partial charge in [0.05, 0.1) is 6.10 Å². The molecule has 0 unspecified atom stereocenters. The minimum atomic E-state index is -0.602. The number of benzene rings is 1. The number of halogens is 1.